The molecule has 1 atom stereocenters. The van der Waals surface area contributed by atoms with Crippen LogP contribution >= 0.6 is 11.8 Å². The fraction of sp³-hybridized carbons (Fsp3) is 0.500. The van der Waals surface area contributed by atoms with Gasteiger partial charge in [0.05, 0.1) is 49.5 Å². The van der Waals surface area contributed by atoms with Crippen molar-refractivity contribution in [3.8, 4) is 5.75 Å². The number of hydrogen-bond donors (Lipinski definition) is 0. The summed E-state index contributed by atoms with van der Waals surface area (Å²) in [6, 6.07) is 7.05. The number of ether oxygens (including phenoxy) is 3. The number of esters is 2. The van der Waals surface area contributed by atoms with E-state index in [2.05, 4.69) is 0 Å². The van der Waals surface area contributed by atoms with Crippen LogP contribution in [-0.4, -0.2) is 65.7 Å². The quantitative estimate of drug-likeness (QED) is 0.447. The van der Waals surface area contributed by atoms with Crippen LogP contribution in [0, 0.1) is 5.92 Å². The molecule has 1 amide bonds. The number of aliphatic imine (C=N–C) groups is 1. The standard InChI is InChI=1S/C28H35N3O6S/c1-6-36-26(33)20-11-13-30(14-12-20)23(32)15-21-16-38-28-29-18(4)24(27(34)37-17(2)3)25(31(21)28)19-7-9-22(35-5)10-8-19/h7-10,16-17,20,25H,6,11-15H2,1-5H3/t25-/m1/s1. The van der Waals surface area contributed by atoms with Gasteiger partial charge in [0, 0.05) is 18.8 Å². The second kappa shape index (κ2) is 12.1. The van der Waals surface area contributed by atoms with E-state index in [4.69, 9.17) is 19.2 Å². The van der Waals surface area contributed by atoms with Gasteiger partial charge in [-0.25, -0.2) is 9.79 Å². The number of piperidine rings is 1. The molecule has 0 saturated carbocycles. The first-order valence-electron chi connectivity index (χ1n) is 13.0. The van der Waals surface area contributed by atoms with Gasteiger partial charge in [0.15, 0.2) is 5.17 Å². The van der Waals surface area contributed by atoms with Crippen molar-refractivity contribution in [2.45, 2.75) is 59.1 Å². The van der Waals surface area contributed by atoms with Gasteiger partial charge in [-0.15, -0.1) is 0 Å². The monoisotopic (exact) mass is 541 g/mol. The molecule has 0 unspecified atom stereocenters. The molecule has 4 rings (SSSR count). The number of rotatable bonds is 8. The van der Waals surface area contributed by atoms with E-state index < -0.39 is 12.0 Å². The number of allylic oxidation sites excluding steroid dienone is 1. The molecule has 0 spiro atoms. The molecule has 1 aromatic carbocycles. The number of amides is 1. The van der Waals surface area contributed by atoms with Crippen LogP contribution in [0.4, 0.5) is 0 Å². The van der Waals surface area contributed by atoms with Gasteiger partial charge >= 0.3 is 11.9 Å². The van der Waals surface area contributed by atoms with E-state index in [0.717, 1.165) is 11.3 Å². The second-order valence-corrected chi connectivity index (χ2v) is 10.5. The summed E-state index contributed by atoms with van der Waals surface area (Å²) in [6.07, 6.45) is 1.06. The maximum Gasteiger partial charge on any atom is 0.338 e. The minimum Gasteiger partial charge on any atom is -0.497 e. The largest absolute Gasteiger partial charge is 0.497 e. The summed E-state index contributed by atoms with van der Waals surface area (Å²) in [4.78, 5) is 47.2. The minimum absolute atomic E-state index is 0.0218. The first-order valence-corrected chi connectivity index (χ1v) is 13.8. The van der Waals surface area contributed by atoms with Crippen LogP contribution in [0.3, 0.4) is 0 Å². The molecule has 1 fully saturated rings. The highest BCUT2D eigenvalue weighted by Gasteiger charge is 2.42. The van der Waals surface area contributed by atoms with Gasteiger partial charge in [-0.05, 0) is 63.6 Å². The van der Waals surface area contributed by atoms with Gasteiger partial charge in [-0.1, -0.05) is 23.9 Å². The van der Waals surface area contributed by atoms with Crippen LogP contribution in [0.15, 0.2) is 51.6 Å². The third-order valence-corrected chi connectivity index (χ3v) is 7.68. The third kappa shape index (κ3) is 5.90. The number of methoxy groups -OCH3 is 1. The van der Waals surface area contributed by atoms with Crippen LogP contribution in [0.1, 0.15) is 58.6 Å². The Morgan fingerprint density at radius 3 is 2.42 bits per heavy atom. The molecule has 38 heavy (non-hydrogen) atoms. The number of amidine groups is 1. The number of carbonyl (C=O) groups is 3. The molecule has 0 aliphatic carbocycles. The number of hydrogen-bond acceptors (Lipinski definition) is 9. The van der Waals surface area contributed by atoms with E-state index >= 15 is 0 Å². The van der Waals surface area contributed by atoms with E-state index in [9.17, 15) is 14.4 Å². The number of benzene rings is 1. The van der Waals surface area contributed by atoms with Crippen LogP contribution in [0.2, 0.25) is 0 Å². The maximum atomic E-state index is 13.4. The van der Waals surface area contributed by atoms with Gasteiger partial charge in [0.2, 0.25) is 5.91 Å². The smallest absolute Gasteiger partial charge is 0.338 e. The Kier molecular flexibility index (Phi) is 8.81. The van der Waals surface area contributed by atoms with Crippen molar-refractivity contribution in [3.63, 3.8) is 0 Å². The molecule has 10 heteroatoms. The first-order chi connectivity index (χ1) is 18.2. The molecule has 1 aromatic rings. The number of carbonyl (C=O) groups excluding carboxylic acids is 3. The lowest BCUT2D eigenvalue weighted by Crippen LogP contribution is -2.42. The SMILES string of the molecule is CCOC(=O)C1CCN(C(=O)CC2=CSC3=NC(C)=C(C(=O)OC(C)C)[C@@H](c4ccc(OC)cc4)N23)CC1. The number of nitrogens with zero attached hydrogens (tertiary/aromatic N) is 3. The molecule has 1 saturated heterocycles. The van der Waals surface area contributed by atoms with Gasteiger partial charge in [-0.2, -0.15) is 0 Å². The number of likely N-dealkylation sites (tertiary alicyclic amines) is 1. The average molecular weight is 542 g/mol. The fourth-order valence-corrected chi connectivity index (χ4v) is 5.87. The average Bonchev–Trinajstić information content (AvgIpc) is 3.29. The molecule has 0 aromatic heterocycles. The number of fused-ring (bicyclic) bond motifs is 1. The van der Waals surface area contributed by atoms with Gasteiger partial charge in [0.1, 0.15) is 5.75 Å². The Morgan fingerprint density at radius 2 is 1.82 bits per heavy atom. The van der Waals surface area contributed by atoms with Crippen molar-refractivity contribution < 1.29 is 28.6 Å². The highest BCUT2D eigenvalue weighted by molar-refractivity contribution is 8.16. The Morgan fingerprint density at radius 1 is 1.13 bits per heavy atom. The van der Waals surface area contributed by atoms with Crippen LogP contribution in [0.25, 0.3) is 0 Å². The molecule has 0 N–H and O–H groups in total. The minimum atomic E-state index is -0.497. The Balaban J connectivity index is 1.57. The van der Waals surface area contributed by atoms with Crippen molar-refractivity contribution in [1.29, 1.82) is 0 Å². The normalized spacial score (nSPS) is 19.7. The highest BCUT2D eigenvalue weighted by atomic mass is 32.2. The van der Waals surface area contributed by atoms with Crippen molar-refractivity contribution in [3.05, 3.63) is 52.2 Å². The summed E-state index contributed by atoms with van der Waals surface area (Å²) >= 11 is 1.44. The van der Waals surface area contributed by atoms with Crippen molar-refractivity contribution in [2.75, 3.05) is 26.8 Å². The molecular formula is C28H35N3O6S. The first kappa shape index (κ1) is 27.8. The second-order valence-electron chi connectivity index (χ2n) is 9.70. The van der Waals surface area contributed by atoms with E-state index in [1.54, 1.807) is 18.9 Å². The Hall–Kier alpha value is -3.27. The molecule has 3 aliphatic rings. The zero-order valence-electron chi connectivity index (χ0n) is 22.6. The van der Waals surface area contributed by atoms with Crippen LogP contribution in [0.5, 0.6) is 5.75 Å². The van der Waals surface area contributed by atoms with Crippen LogP contribution < -0.4 is 4.74 Å². The summed E-state index contributed by atoms with van der Waals surface area (Å²) in [7, 11) is 1.61. The van der Waals surface area contributed by atoms with Crippen molar-refractivity contribution in [2.24, 2.45) is 10.9 Å². The lowest BCUT2D eigenvalue weighted by atomic mass is 9.93. The highest BCUT2D eigenvalue weighted by Crippen LogP contribution is 2.45. The van der Waals surface area contributed by atoms with Crippen molar-refractivity contribution >= 4 is 34.8 Å². The molecule has 9 nitrogen and oxygen atoms in total. The summed E-state index contributed by atoms with van der Waals surface area (Å²) in [5.74, 6) is -0.0910. The lowest BCUT2D eigenvalue weighted by Gasteiger charge is -2.37. The molecule has 3 heterocycles. The zero-order chi connectivity index (χ0) is 27.4. The van der Waals surface area contributed by atoms with Gasteiger partial charge in [-0.3, -0.25) is 9.59 Å². The topological polar surface area (TPSA) is 97.7 Å². The van der Waals surface area contributed by atoms with E-state index in [1.807, 2.05) is 55.3 Å². The van der Waals surface area contributed by atoms with E-state index in [-0.39, 0.29) is 30.3 Å². The summed E-state index contributed by atoms with van der Waals surface area (Å²) in [6.45, 7) is 8.62. The van der Waals surface area contributed by atoms with Gasteiger partial charge in [0.25, 0.3) is 0 Å². The Labute approximate surface area is 227 Å². The molecule has 0 radical (unpaired) electrons. The molecule has 204 valence electrons. The van der Waals surface area contributed by atoms with Crippen molar-refractivity contribution in [1.82, 2.24) is 9.80 Å². The van der Waals surface area contributed by atoms with E-state index in [0.29, 0.717) is 54.7 Å². The lowest BCUT2D eigenvalue weighted by molar-refractivity contribution is -0.151. The Bertz CT molecular complexity index is 1170. The van der Waals surface area contributed by atoms with Gasteiger partial charge < -0.3 is 24.0 Å². The summed E-state index contributed by atoms with van der Waals surface area (Å²) in [5.41, 5.74) is 2.68. The third-order valence-electron chi connectivity index (χ3n) is 6.79. The van der Waals surface area contributed by atoms with E-state index in [1.165, 1.54) is 11.8 Å². The fourth-order valence-electron chi connectivity index (χ4n) is 4.90. The molecule has 0 bridgehead atoms. The molecule has 3 aliphatic heterocycles. The summed E-state index contributed by atoms with van der Waals surface area (Å²) in [5, 5.41) is 2.65. The summed E-state index contributed by atoms with van der Waals surface area (Å²) < 4.78 is 16.1. The maximum absolute atomic E-state index is 13.4. The number of thioether (sulfide) groups is 1. The predicted octanol–water partition coefficient (Wildman–Crippen LogP) is 4.41. The van der Waals surface area contributed by atoms with Crippen LogP contribution in [-0.2, 0) is 23.9 Å². The zero-order valence-corrected chi connectivity index (χ0v) is 23.4. The molecular weight excluding hydrogens is 506 g/mol. The predicted molar refractivity (Wildman–Crippen MR) is 145 cm³/mol.